The average Bonchev–Trinajstić information content (AvgIpc) is 3.02. The maximum atomic E-state index is 12.7. The molecule has 1 amide bonds. The van der Waals surface area contributed by atoms with Gasteiger partial charge in [-0.05, 0) is 30.4 Å². The molecule has 0 aromatic carbocycles. The van der Waals surface area contributed by atoms with Crippen LogP contribution in [0, 0.1) is 0 Å². The Labute approximate surface area is 124 Å². The summed E-state index contributed by atoms with van der Waals surface area (Å²) >= 11 is 1.59. The minimum atomic E-state index is -0.0231. The summed E-state index contributed by atoms with van der Waals surface area (Å²) in [6.07, 6.45) is 3.69. The first-order chi connectivity index (χ1) is 10.3. The maximum Gasteiger partial charge on any atom is 0.256 e. The van der Waals surface area contributed by atoms with Gasteiger partial charge >= 0.3 is 0 Å². The number of hydrogen-bond acceptors (Lipinski definition) is 6. The highest BCUT2D eigenvalue weighted by Gasteiger charge is 2.34. The Bertz CT molecular complexity index is 779. The predicted molar refractivity (Wildman–Crippen MR) is 76.7 cm³/mol. The van der Waals surface area contributed by atoms with Gasteiger partial charge < -0.3 is 4.90 Å². The zero-order chi connectivity index (χ0) is 14.2. The van der Waals surface area contributed by atoms with E-state index in [9.17, 15) is 4.79 Å². The second kappa shape index (κ2) is 4.88. The van der Waals surface area contributed by atoms with E-state index in [-0.39, 0.29) is 11.9 Å². The molecular weight excluding hydrogens is 288 g/mol. The van der Waals surface area contributed by atoms with Gasteiger partial charge in [-0.3, -0.25) is 9.78 Å². The zero-order valence-corrected chi connectivity index (χ0v) is 11.9. The lowest BCUT2D eigenvalue weighted by Gasteiger charge is -2.20. The third-order valence-electron chi connectivity index (χ3n) is 3.50. The minimum absolute atomic E-state index is 0.0231. The van der Waals surface area contributed by atoms with Crippen molar-refractivity contribution < 1.29 is 4.79 Å². The quantitative estimate of drug-likeness (QED) is 0.791. The molecule has 1 saturated carbocycles. The van der Waals surface area contributed by atoms with Crippen molar-refractivity contribution >= 4 is 27.5 Å². The second-order valence-corrected chi connectivity index (χ2v) is 5.97. The van der Waals surface area contributed by atoms with Gasteiger partial charge in [0.05, 0.1) is 22.3 Å². The molecule has 0 spiro atoms. The number of rotatable bonds is 4. The lowest BCUT2D eigenvalue weighted by molar-refractivity contribution is 0.0725. The number of nitrogens with zero attached hydrogens (tertiary/aromatic N) is 5. The number of H-pyrrole nitrogens is 1. The van der Waals surface area contributed by atoms with Gasteiger partial charge in [-0.15, -0.1) is 21.5 Å². The van der Waals surface area contributed by atoms with Crippen molar-refractivity contribution in [2.45, 2.75) is 25.4 Å². The van der Waals surface area contributed by atoms with E-state index in [4.69, 9.17) is 0 Å². The fraction of sp³-hybridized carbons (Fsp3) is 0.308. The van der Waals surface area contributed by atoms with Crippen LogP contribution < -0.4 is 0 Å². The van der Waals surface area contributed by atoms with Gasteiger partial charge in [-0.1, -0.05) is 5.21 Å². The summed E-state index contributed by atoms with van der Waals surface area (Å²) in [4.78, 5) is 18.9. The van der Waals surface area contributed by atoms with E-state index < -0.39 is 0 Å². The molecule has 0 bridgehead atoms. The van der Waals surface area contributed by atoms with Gasteiger partial charge in [0.15, 0.2) is 5.82 Å². The van der Waals surface area contributed by atoms with Crippen molar-refractivity contribution in [2.24, 2.45) is 0 Å². The molecule has 106 valence electrons. The molecule has 0 atom stereocenters. The molecule has 3 heterocycles. The number of aromatic nitrogens is 5. The zero-order valence-electron chi connectivity index (χ0n) is 11.1. The van der Waals surface area contributed by atoms with Crippen LogP contribution in [0.15, 0.2) is 23.7 Å². The molecule has 3 aromatic rings. The fourth-order valence-electron chi connectivity index (χ4n) is 2.28. The number of pyridine rings is 1. The number of tetrazole rings is 1. The Hall–Kier alpha value is -2.35. The molecule has 0 saturated heterocycles. The SMILES string of the molecule is O=C(c1cnc2ccsc2c1)N(Cc1nn[nH]n1)C1CC1. The molecule has 1 fully saturated rings. The van der Waals surface area contributed by atoms with Crippen LogP contribution in [-0.2, 0) is 6.54 Å². The number of amides is 1. The maximum absolute atomic E-state index is 12.7. The Morgan fingerprint density at radius 2 is 2.38 bits per heavy atom. The van der Waals surface area contributed by atoms with Crippen molar-refractivity contribution in [2.75, 3.05) is 0 Å². The molecule has 21 heavy (non-hydrogen) atoms. The molecule has 7 nitrogen and oxygen atoms in total. The van der Waals surface area contributed by atoms with E-state index in [0.29, 0.717) is 17.9 Å². The predicted octanol–water partition coefficient (Wildman–Crippen LogP) is 1.61. The molecule has 1 aliphatic carbocycles. The Morgan fingerprint density at radius 1 is 1.48 bits per heavy atom. The van der Waals surface area contributed by atoms with Crippen molar-refractivity contribution in [3.8, 4) is 0 Å². The summed E-state index contributed by atoms with van der Waals surface area (Å²) in [6, 6.07) is 4.13. The van der Waals surface area contributed by atoms with Gasteiger partial charge in [-0.25, -0.2) is 0 Å². The van der Waals surface area contributed by atoms with Crippen LogP contribution in [0.4, 0.5) is 0 Å². The first-order valence-corrected chi connectivity index (χ1v) is 7.56. The minimum Gasteiger partial charge on any atom is -0.328 e. The fourth-order valence-corrected chi connectivity index (χ4v) is 3.06. The van der Waals surface area contributed by atoms with E-state index in [1.807, 2.05) is 17.5 Å². The van der Waals surface area contributed by atoms with Crippen molar-refractivity contribution in [3.63, 3.8) is 0 Å². The van der Waals surface area contributed by atoms with E-state index in [0.717, 1.165) is 23.1 Å². The van der Waals surface area contributed by atoms with E-state index in [1.165, 1.54) is 0 Å². The number of thiophene rings is 1. The number of carbonyl (C=O) groups excluding carboxylic acids is 1. The number of nitrogens with one attached hydrogen (secondary N) is 1. The number of fused-ring (bicyclic) bond motifs is 1. The van der Waals surface area contributed by atoms with Gasteiger partial charge in [0, 0.05) is 12.2 Å². The summed E-state index contributed by atoms with van der Waals surface area (Å²) in [7, 11) is 0. The first-order valence-electron chi connectivity index (χ1n) is 6.68. The second-order valence-electron chi connectivity index (χ2n) is 5.02. The van der Waals surface area contributed by atoms with E-state index in [2.05, 4.69) is 25.6 Å². The summed E-state index contributed by atoms with van der Waals surface area (Å²) < 4.78 is 1.02. The van der Waals surface area contributed by atoms with Crippen LogP contribution in [0.5, 0.6) is 0 Å². The average molecular weight is 300 g/mol. The number of aromatic amines is 1. The molecule has 0 radical (unpaired) electrons. The van der Waals surface area contributed by atoms with Crippen LogP contribution in [-0.4, -0.2) is 42.5 Å². The Kier molecular flexibility index (Phi) is 2.88. The Morgan fingerprint density at radius 3 is 3.14 bits per heavy atom. The lowest BCUT2D eigenvalue weighted by atomic mass is 10.2. The first kappa shape index (κ1) is 12.4. The van der Waals surface area contributed by atoms with Crippen LogP contribution in [0.1, 0.15) is 29.0 Å². The normalized spacial score (nSPS) is 14.5. The van der Waals surface area contributed by atoms with Crippen LogP contribution in [0.3, 0.4) is 0 Å². The summed E-state index contributed by atoms with van der Waals surface area (Å²) in [5, 5.41) is 15.8. The van der Waals surface area contributed by atoms with E-state index >= 15 is 0 Å². The highest BCUT2D eigenvalue weighted by molar-refractivity contribution is 7.17. The molecule has 4 rings (SSSR count). The number of hydrogen-bond donors (Lipinski definition) is 1. The largest absolute Gasteiger partial charge is 0.328 e. The lowest BCUT2D eigenvalue weighted by Crippen LogP contribution is -2.33. The third-order valence-corrected chi connectivity index (χ3v) is 4.35. The van der Waals surface area contributed by atoms with Gasteiger partial charge in [0.2, 0.25) is 0 Å². The number of carbonyl (C=O) groups is 1. The summed E-state index contributed by atoms with van der Waals surface area (Å²) in [5.74, 6) is 0.505. The highest BCUT2D eigenvalue weighted by atomic mass is 32.1. The summed E-state index contributed by atoms with van der Waals surface area (Å²) in [5.41, 5.74) is 1.54. The molecule has 1 aliphatic rings. The van der Waals surface area contributed by atoms with Gasteiger partial charge in [0.25, 0.3) is 5.91 Å². The molecule has 1 N–H and O–H groups in total. The third kappa shape index (κ3) is 2.38. The van der Waals surface area contributed by atoms with Gasteiger partial charge in [0.1, 0.15) is 0 Å². The molecule has 0 unspecified atom stereocenters. The standard InChI is InChI=1S/C13H12N6OS/c20-13(8-5-11-10(14-6-8)3-4-21-11)19(9-1-2-9)7-12-15-17-18-16-12/h3-6,9H,1-2,7H2,(H,15,16,17,18). The smallest absolute Gasteiger partial charge is 0.256 e. The monoisotopic (exact) mass is 300 g/mol. The van der Waals surface area contributed by atoms with Crippen LogP contribution in [0.2, 0.25) is 0 Å². The highest BCUT2D eigenvalue weighted by Crippen LogP contribution is 2.30. The summed E-state index contributed by atoms with van der Waals surface area (Å²) in [6.45, 7) is 0.377. The van der Waals surface area contributed by atoms with Crippen molar-refractivity contribution in [3.05, 3.63) is 35.1 Å². The topological polar surface area (TPSA) is 87.7 Å². The van der Waals surface area contributed by atoms with Crippen molar-refractivity contribution in [1.29, 1.82) is 0 Å². The molecule has 8 heteroatoms. The molecule has 0 aliphatic heterocycles. The van der Waals surface area contributed by atoms with Crippen molar-refractivity contribution in [1.82, 2.24) is 30.5 Å². The van der Waals surface area contributed by atoms with Crippen LogP contribution >= 0.6 is 11.3 Å². The van der Waals surface area contributed by atoms with E-state index in [1.54, 1.807) is 22.4 Å². The van der Waals surface area contributed by atoms with Crippen LogP contribution in [0.25, 0.3) is 10.2 Å². The molecule has 3 aromatic heterocycles. The Balaban J connectivity index is 1.63. The van der Waals surface area contributed by atoms with Gasteiger partial charge in [-0.2, -0.15) is 5.21 Å². The molecular formula is C13H12N6OS.